The Morgan fingerprint density at radius 2 is 1.91 bits per heavy atom. The second-order valence-electron chi connectivity index (χ2n) is 5.36. The first-order valence-corrected chi connectivity index (χ1v) is 7.17. The Morgan fingerprint density at radius 3 is 2.68 bits per heavy atom. The highest BCUT2D eigenvalue weighted by Gasteiger charge is 2.46. The molecule has 0 unspecified atom stereocenters. The SMILES string of the molecule is COc1ccc([C@H]2O[C@@H]2C(=O)c2c[nH]c3ccccc23)cc1. The van der Waals surface area contributed by atoms with Crippen molar-refractivity contribution in [1.82, 2.24) is 4.98 Å². The zero-order valence-corrected chi connectivity index (χ0v) is 12.1. The third-order valence-corrected chi connectivity index (χ3v) is 4.05. The number of carbonyl (C=O) groups excluding carboxylic acids is 1. The van der Waals surface area contributed by atoms with Crippen LogP contribution in [0, 0.1) is 0 Å². The van der Waals surface area contributed by atoms with E-state index in [1.54, 1.807) is 13.3 Å². The Morgan fingerprint density at radius 1 is 1.14 bits per heavy atom. The standard InChI is InChI=1S/C18H15NO3/c1-21-12-8-6-11(7-9-12)17-18(22-17)16(20)14-10-19-15-5-3-2-4-13(14)15/h2-10,17-19H,1H3/t17-,18-/m1/s1. The summed E-state index contributed by atoms with van der Waals surface area (Å²) in [6.45, 7) is 0. The van der Waals surface area contributed by atoms with Gasteiger partial charge in [-0.05, 0) is 23.8 Å². The summed E-state index contributed by atoms with van der Waals surface area (Å²) in [6, 6.07) is 15.4. The van der Waals surface area contributed by atoms with Gasteiger partial charge in [0.2, 0.25) is 0 Å². The largest absolute Gasteiger partial charge is 0.497 e. The average Bonchev–Trinajstić information content (AvgIpc) is 3.26. The molecule has 0 bridgehead atoms. The van der Waals surface area contributed by atoms with Crippen molar-refractivity contribution >= 4 is 16.7 Å². The van der Waals surface area contributed by atoms with E-state index in [4.69, 9.17) is 9.47 Å². The molecule has 22 heavy (non-hydrogen) atoms. The van der Waals surface area contributed by atoms with Crippen LogP contribution in [-0.4, -0.2) is 24.0 Å². The minimum absolute atomic E-state index is 0.0262. The first kappa shape index (κ1) is 13.1. The first-order valence-electron chi connectivity index (χ1n) is 7.17. The molecule has 2 atom stereocenters. The van der Waals surface area contributed by atoms with E-state index in [2.05, 4.69) is 4.98 Å². The van der Waals surface area contributed by atoms with Gasteiger partial charge in [0, 0.05) is 22.7 Å². The number of aromatic amines is 1. The van der Waals surface area contributed by atoms with E-state index >= 15 is 0 Å². The summed E-state index contributed by atoms with van der Waals surface area (Å²) in [5.74, 6) is 0.821. The molecule has 0 radical (unpaired) electrons. The van der Waals surface area contributed by atoms with Crippen LogP contribution in [0.15, 0.2) is 54.7 Å². The maximum absolute atomic E-state index is 12.6. The number of para-hydroxylation sites is 1. The summed E-state index contributed by atoms with van der Waals surface area (Å²) in [5.41, 5.74) is 2.66. The second kappa shape index (κ2) is 5.00. The zero-order chi connectivity index (χ0) is 15.1. The van der Waals surface area contributed by atoms with Gasteiger partial charge in [0.1, 0.15) is 11.9 Å². The van der Waals surface area contributed by atoms with Crippen LogP contribution in [0.25, 0.3) is 10.9 Å². The Kier molecular flexibility index (Phi) is 2.98. The number of hydrogen-bond donors (Lipinski definition) is 1. The quantitative estimate of drug-likeness (QED) is 0.591. The van der Waals surface area contributed by atoms with Crippen LogP contribution in [0.1, 0.15) is 22.0 Å². The Labute approximate surface area is 127 Å². The first-order chi connectivity index (χ1) is 10.8. The Bertz CT molecular complexity index is 835. The van der Waals surface area contributed by atoms with Crippen LogP contribution < -0.4 is 4.74 Å². The van der Waals surface area contributed by atoms with Gasteiger partial charge in [0.25, 0.3) is 0 Å². The lowest BCUT2D eigenvalue weighted by Gasteiger charge is -2.00. The fourth-order valence-electron chi connectivity index (χ4n) is 2.79. The molecule has 1 aliphatic heterocycles. The molecule has 1 aliphatic rings. The van der Waals surface area contributed by atoms with E-state index in [0.29, 0.717) is 5.56 Å². The monoisotopic (exact) mass is 293 g/mol. The molecule has 110 valence electrons. The summed E-state index contributed by atoms with van der Waals surface area (Å²) < 4.78 is 10.7. The van der Waals surface area contributed by atoms with Crippen LogP contribution in [0.2, 0.25) is 0 Å². The van der Waals surface area contributed by atoms with Crippen LogP contribution >= 0.6 is 0 Å². The predicted octanol–water partition coefficient (Wildman–Crippen LogP) is 3.50. The number of ether oxygens (including phenoxy) is 2. The van der Waals surface area contributed by atoms with Gasteiger partial charge < -0.3 is 14.5 Å². The fraction of sp³-hybridized carbons (Fsp3) is 0.167. The highest BCUT2D eigenvalue weighted by molar-refractivity contribution is 6.11. The second-order valence-corrected chi connectivity index (χ2v) is 5.36. The van der Waals surface area contributed by atoms with Gasteiger partial charge in [-0.25, -0.2) is 0 Å². The average molecular weight is 293 g/mol. The van der Waals surface area contributed by atoms with Gasteiger partial charge >= 0.3 is 0 Å². The molecule has 2 aromatic carbocycles. The lowest BCUT2D eigenvalue weighted by molar-refractivity contribution is 0.0955. The fourth-order valence-corrected chi connectivity index (χ4v) is 2.79. The predicted molar refractivity (Wildman–Crippen MR) is 83.2 cm³/mol. The number of carbonyl (C=O) groups is 1. The van der Waals surface area contributed by atoms with E-state index in [1.165, 1.54) is 0 Å². The van der Waals surface area contributed by atoms with Crippen molar-refractivity contribution in [3.8, 4) is 5.75 Å². The van der Waals surface area contributed by atoms with Gasteiger partial charge in [-0.3, -0.25) is 4.79 Å². The normalized spacial score (nSPS) is 20.0. The molecule has 4 heteroatoms. The van der Waals surface area contributed by atoms with Crippen molar-refractivity contribution in [1.29, 1.82) is 0 Å². The molecule has 2 heterocycles. The van der Waals surface area contributed by atoms with Crippen molar-refractivity contribution < 1.29 is 14.3 Å². The molecule has 3 aromatic rings. The maximum Gasteiger partial charge on any atom is 0.196 e. The molecule has 0 spiro atoms. The molecule has 1 saturated heterocycles. The molecule has 1 N–H and O–H groups in total. The number of ketones is 1. The summed E-state index contributed by atoms with van der Waals surface area (Å²) in [6.07, 6.45) is 1.21. The smallest absolute Gasteiger partial charge is 0.196 e. The van der Waals surface area contributed by atoms with Crippen LogP contribution in [-0.2, 0) is 4.74 Å². The van der Waals surface area contributed by atoms with E-state index < -0.39 is 6.10 Å². The van der Waals surface area contributed by atoms with Crippen molar-refractivity contribution in [3.05, 3.63) is 65.9 Å². The highest BCUT2D eigenvalue weighted by atomic mass is 16.6. The van der Waals surface area contributed by atoms with Gasteiger partial charge in [-0.1, -0.05) is 30.3 Å². The molecule has 1 fully saturated rings. The zero-order valence-electron chi connectivity index (χ0n) is 12.1. The summed E-state index contributed by atoms with van der Waals surface area (Å²) in [4.78, 5) is 15.7. The molecular weight excluding hydrogens is 278 g/mol. The number of fused-ring (bicyclic) bond motifs is 1. The number of benzene rings is 2. The number of aromatic nitrogens is 1. The van der Waals surface area contributed by atoms with E-state index in [0.717, 1.165) is 22.2 Å². The molecule has 1 aromatic heterocycles. The summed E-state index contributed by atoms with van der Waals surface area (Å²) >= 11 is 0. The van der Waals surface area contributed by atoms with Crippen molar-refractivity contribution in [2.45, 2.75) is 12.2 Å². The minimum atomic E-state index is -0.396. The third kappa shape index (κ3) is 2.09. The topological polar surface area (TPSA) is 54.6 Å². The van der Waals surface area contributed by atoms with Gasteiger partial charge in [0.15, 0.2) is 11.9 Å². The molecule has 0 amide bonds. The number of H-pyrrole nitrogens is 1. The molecule has 4 nitrogen and oxygen atoms in total. The Balaban J connectivity index is 1.57. The Hall–Kier alpha value is -2.59. The number of Topliss-reactive ketones (excluding diaryl/α,β-unsaturated/α-hetero) is 1. The van der Waals surface area contributed by atoms with Crippen molar-refractivity contribution in [2.75, 3.05) is 7.11 Å². The third-order valence-electron chi connectivity index (χ3n) is 4.05. The maximum atomic E-state index is 12.6. The number of epoxide rings is 1. The van der Waals surface area contributed by atoms with Gasteiger partial charge in [0.05, 0.1) is 7.11 Å². The van der Waals surface area contributed by atoms with Crippen LogP contribution in [0.4, 0.5) is 0 Å². The molecule has 4 rings (SSSR count). The van der Waals surface area contributed by atoms with Gasteiger partial charge in [-0.2, -0.15) is 0 Å². The molecule has 0 aliphatic carbocycles. The van der Waals surface area contributed by atoms with Gasteiger partial charge in [-0.15, -0.1) is 0 Å². The number of nitrogens with one attached hydrogen (secondary N) is 1. The van der Waals surface area contributed by atoms with E-state index in [1.807, 2.05) is 48.5 Å². The molecule has 0 saturated carbocycles. The summed E-state index contributed by atoms with van der Waals surface area (Å²) in [5, 5.41) is 0.941. The number of methoxy groups -OCH3 is 1. The van der Waals surface area contributed by atoms with Crippen LogP contribution in [0.3, 0.4) is 0 Å². The number of hydrogen-bond acceptors (Lipinski definition) is 3. The summed E-state index contributed by atoms with van der Waals surface area (Å²) in [7, 11) is 1.63. The van der Waals surface area contributed by atoms with Crippen LogP contribution in [0.5, 0.6) is 5.75 Å². The highest BCUT2D eigenvalue weighted by Crippen LogP contribution is 2.41. The lowest BCUT2D eigenvalue weighted by atomic mass is 10.0. The molecular formula is C18H15NO3. The number of rotatable bonds is 4. The van der Waals surface area contributed by atoms with Crippen molar-refractivity contribution in [3.63, 3.8) is 0 Å². The van der Waals surface area contributed by atoms with E-state index in [9.17, 15) is 4.79 Å². The lowest BCUT2D eigenvalue weighted by Crippen LogP contribution is -2.07. The van der Waals surface area contributed by atoms with E-state index in [-0.39, 0.29) is 11.9 Å². The van der Waals surface area contributed by atoms with Crippen molar-refractivity contribution in [2.24, 2.45) is 0 Å². The minimum Gasteiger partial charge on any atom is -0.497 e.